The van der Waals surface area contributed by atoms with Gasteiger partial charge in [-0.2, -0.15) is 0 Å². The van der Waals surface area contributed by atoms with Crippen molar-refractivity contribution in [2.45, 2.75) is 107 Å². The van der Waals surface area contributed by atoms with Crippen LogP contribution in [0.25, 0.3) is 28.0 Å². The van der Waals surface area contributed by atoms with Gasteiger partial charge in [0.1, 0.15) is 18.0 Å². The number of aliphatic hydroxyl groups excluding tert-OH is 1. The summed E-state index contributed by atoms with van der Waals surface area (Å²) in [5, 5.41) is 50.5. The molecule has 7 atom stereocenters. The van der Waals surface area contributed by atoms with Gasteiger partial charge in [-0.05, 0) is 167 Å². The van der Waals surface area contributed by atoms with Crippen molar-refractivity contribution < 1.29 is 49.0 Å². The Morgan fingerprint density at radius 2 is 1.53 bits per heavy atom. The van der Waals surface area contributed by atoms with Gasteiger partial charge in [-0.3, -0.25) is 9.59 Å². The number of rotatable bonds is 12. The molecule has 2 fully saturated rings. The van der Waals surface area contributed by atoms with E-state index < -0.39 is 40.8 Å². The van der Waals surface area contributed by atoms with E-state index in [1.165, 1.54) is 21.1 Å². The summed E-state index contributed by atoms with van der Waals surface area (Å²) in [5.74, 6) is -1.52. The minimum absolute atomic E-state index is 0.0309. The van der Waals surface area contributed by atoms with Crippen LogP contribution in [0.15, 0.2) is 115 Å². The number of aliphatic hydroxyl groups is 1. The molecule has 0 amide bonds. The number of aromatic hydroxyl groups is 3. The summed E-state index contributed by atoms with van der Waals surface area (Å²) in [5.41, 5.74) is 6.50. The highest BCUT2D eigenvalue weighted by atomic mass is 16.6. The molecule has 0 unspecified atom stereocenters. The van der Waals surface area contributed by atoms with Crippen LogP contribution in [0.4, 0.5) is 0 Å². The number of phenols is 3. The quantitative estimate of drug-likeness (QED) is 0.0742. The number of hydrogen-bond donors (Lipinski definition) is 5. The number of aryl methyl sites for hydroxylation is 1. The summed E-state index contributed by atoms with van der Waals surface area (Å²) in [6.45, 7) is 1.84. The van der Waals surface area contributed by atoms with E-state index in [4.69, 9.17) is 18.9 Å². The average Bonchev–Trinajstić information content (AvgIpc) is 3.39. The molecule has 10 rings (SSSR count). The molecule has 0 radical (unpaired) electrons. The fourth-order valence-electron chi connectivity index (χ4n) is 13.8. The summed E-state index contributed by atoms with van der Waals surface area (Å²) >= 11 is 0. The zero-order valence-corrected chi connectivity index (χ0v) is 42.2. The molecule has 4 aliphatic rings. The fraction of sp³-hybridized carbons (Fsp3) is 0.387. The van der Waals surface area contributed by atoms with Gasteiger partial charge in [0.25, 0.3) is 0 Å². The molecule has 0 spiro atoms. The van der Waals surface area contributed by atoms with E-state index >= 15 is 4.79 Å². The summed E-state index contributed by atoms with van der Waals surface area (Å²) in [4.78, 5) is 29.4. The maximum absolute atomic E-state index is 15.8. The second-order valence-electron chi connectivity index (χ2n) is 20.9. The number of allylic oxidation sites excluding steroid dienone is 1. The Balaban J connectivity index is 1.13. The van der Waals surface area contributed by atoms with Crippen LogP contribution in [0.5, 0.6) is 28.7 Å². The Labute approximate surface area is 427 Å². The number of ether oxygens (including phenoxy) is 4. The van der Waals surface area contributed by atoms with Gasteiger partial charge in [0.05, 0.1) is 26.2 Å². The standard InChI is InChI=1S/C62H67NO10/c1-37(65)72-57-32-46(73-60(69)61(21-9-6-10-22-61)44-18-16-41-25-45(66)30-48(47(41)29-44)40-15-11-14-39(24-40)35-63-2)31-51-49-34-59(71-4)55(67)27-42(49)17-19-52(51)62(23-20-38-12-7-5-8-13-38)53(57)26-43-28-58(70-3)56(68)33-50(43)54(62)36-64/h5,7-8,11-16,18,20,23-25,27-30,33-34,46,51-54,57,63-64,66-68H,6,9-10,17,19,21-22,26,31-32,35-36H2,1-4H3/b23-20+/t46-,51-,52-,53+,54+,57+,62-/m0/s1. The minimum Gasteiger partial charge on any atom is -0.508 e. The van der Waals surface area contributed by atoms with Crippen molar-refractivity contribution in [2.24, 2.45) is 17.3 Å². The summed E-state index contributed by atoms with van der Waals surface area (Å²) < 4.78 is 25.1. The van der Waals surface area contributed by atoms with Crippen LogP contribution in [0.2, 0.25) is 0 Å². The monoisotopic (exact) mass is 985 g/mol. The number of esters is 2. The molecule has 2 saturated carbocycles. The minimum atomic E-state index is -0.986. The maximum atomic E-state index is 15.8. The van der Waals surface area contributed by atoms with Gasteiger partial charge in [0.2, 0.25) is 0 Å². The number of nitrogens with one attached hydrogen (secondary N) is 1. The van der Waals surface area contributed by atoms with E-state index in [1.54, 1.807) is 24.3 Å². The van der Waals surface area contributed by atoms with Crippen molar-refractivity contribution in [3.05, 3.63) is 154 Å². The van der Waals surface area contributed by atoms with Gasteiger partial charge in [0, 0.05) is 37.1 Å². The third-order valence-corrected chi connectivity index (χ3v) is 17.0. The first-order valence-corrected chi connectivity index (χ1v) is 25.9. The lowest BCUT2D eigenvalue weighted by molar-refractivity contribution is -0.170. The van der Waals surface area contributed by atoms with Gasteiger partial charge in [0.15, 0.2) is 23.0 Å². The fourth-order valence-corrected chi connectivity index (χ4v) is 13.8. The number of phenolic OH excluding ortho intramolecular Hbond substituents is 3. The second kappa shape index (κ2) is 20.6. The normalized spacial score (nSPS) is 24.2. The van der Waals surface area contributed by atoms with Gasteiger partial charge in [-0.15, -0.1) is 0 Å². The van der Waals surface area contributed by atoms with E-state index in [0.29, 0.717) is 56.6 Å². The Hall–Kier alpha value is -6.82. The van der Waals surface area contributed by atoms with Crippen molar-refractivity contribution >= 4 is 28.8 Å². The van der Waals surface area contributed by atoms with E-state index in [-0.39, 0.29) is 48.1 Å². The highest BCUT2D eigenvalue weighted by Crippen LogP contribution is 2.65. The van der Waals surface area contributed by atoms with Gasteiger partial charge >= 0.3 is 11.9 Å². The van der Waals surface area contributed by atoms with E-state index in [1.807, 2.05) is 73.8 Å². The zero-order valence-electron chi connectivity index (χ0n) is 42.2. The second-order valence-corrected chi connectivity index (χ2v) is 20.9. The van der Waals surface area contributed by atoms with E-state index in [2.05, 4.69) is 35.7 Å². The highest BCUT2D eigenvalue weighted by Gasteiger charge is 2.60. The molecule has 380 valence electrons. The number of carbonyl (C=O) groups excluding carboxylic acids is 2. The molecule has 4 aliphatic carbocycles. The van der Waals surface area contributed by atoms with Crippen LogP contribution < -0.4 is 14.8 Å². The van der Waals surface area contributed by atoms with Crippen LogP contribution >= 0.6 is 0 Å². The van der Waals surface area contributed by atoms with Gasteiger partial charge in [-0.1, -0.05) is 92.1 Å². The summed E-state index contributed by atoms with van der Waals surface area (Å²) in [6, 6.07) is 35.3. The number of carbonyl (C=O) groups is 2. The van der Waals surface area contributed by atoms with Gasteiger partial charge in [-0.25, -0.2) is 0 Å². The molecule has 6 aromatic carbocycles. The molecule has 6 aromatic rings. The predicted octanol–water partition coefficient (Wildman–Crippen LogP) is 11.2. The lowest BCUT2D eigenvalue weighted by Crippen LogP contribution is -2.56. The Bertz CT molecular complexity index is 3050. The van der Waals surface area contributed by atoms with Crippen molar-refractivity contribution in [1.29, 1.82) is 0 Å². The first kappa shape index (κ1) is 49.7. The molecule has 11 nitrogen and oxygen atoms in total. The first-order valence-electron chi connectivity index (χ1n) is 25.9. The lowest BCUT2D eigenvalue weighted by Gasteiger charge is -2.59. The summed E-state index contributed by atoms with van der Waals surface area (Å²) in [7, 11) is 4.97. The van der Waals surface area contributed by atoms with Crippen LogP contribution in [0.3, 0.4) is 0 Å². The number of fused-ring (bicyclic) bond motifs is 7. The molecule has 0 heterocycles. The topological polar surface area (TPSA) is 164 Å². The van der Waals surface area contributed by atoms with Crippen LogP contribution in [-0.2, 0) is 43.9 Å². The Morgan fingerprint density at radius 1 is 0.767 bits per heavy atom. The molecule has 0 saturated heterocycles. The molecular formula is C62H67NO10. The van der Waals surface area contributed by atoms with Crippen molar-refractivity contribution in [3.8, 4) is 39.9 Å². The molecule has 0 aromatic heterocycles. The maximum Gasteiger partial charge on any atom is 0.316 e. The molecule has 0 aliphatic heterocycles. The zero-order chi connectivity index (χ0) is 51.0. The third-order valence-electron chi connectivity index (χ3n) is 17.0. The largest absolute Gasteiger partial charge is 0.508 e. The van der Waals surface area contributed by atoms with E-state index in [0.717, 1.165) is 80.1 Å². The SMILES string of the molecule is CNCc1cccc(-c2cc(O)cc3ccc(C4(C(=O)O[C@@H]5C[C@@H](OC(C)=O)[C@H]6Cc7cc(OC)c(O)cc7[C@@H](CO)[C@@]6(/C=C/c6ccccc6)[C@H]6CCc7cc(O)c(OC)cc7[C@@H]6C5)CCCCC4)cc23)c1. The average molecular weight is 986 g/mol. The summed E-state index contributed by atoms with van der Waals surface area (Å²) in [6.07, 6.45) is 8.90. The van der Waals surface area contributed by atoms with Crippen LogP contribution in [-0.4, -0.2) is 72.4 Å². The molecule has 0 bridgehead atoms. The first-order chi connectivity index (χ1) is 35.4. The number of methoxy groups -OCH3 is 2. The molecule has 73 heavy (non-hydrogen) atoms. The smallest absolute Gasteiger partial charge is 0.316 e. The van der Waals surface area contributed by atoms with Crippen molar-refractivity contribution in [2.75, 3.05) is 27.9 Å². The van der Waals surface area contributed by atoms with Crippen LogP contribution in [0, 0.1) is 17.3 Å². The highest BCUT2D eigenvalue weighted by molar-refractivity contribution is 5.99. The predicted molar refractivity (Wildman–Crippen MR) is 282 cm³/mol. The third kappa shape index (κ3) is 9.20. The number of hydrogen-bond acceptors (Lipinski definition) is 11. The lowest BCUT2D eigenvalue weighted by atomic mass is 9.46. The molecule has 11 heteroatoms. The Morgan fingerprint density at radius 3 is 2.27 bits per heavy atom. The Kier molecular flexibility index (Phi) is 14.0. The van der Waals surface area contributed by atoms with Gasteiger partial charge < -0.3 is 44.7 Å². The molecule has 5 N–H and O–H groups in total. The van der Waals surface area contributed by atoms with Crippen molar-refractivity contribution in [1.82, 2.24) is 5.32 Å². The van der Waals surface area contributed by atoms with Crippen LogP contribution in [0.1, 0.15) is 109 Å². The van der Waals surface area contributed by atoms with E-state index in [9.17, 15) is 25.2 Å². The van der Waals surface area contributed by atoms with Crippen molar-refractivity contribution in [3.63, 3.8) is 0 Å². The molecular weight excluding hydrogens is 919 g/mol. The number of benzene rings is 6.